The largest absolute Gasteiger partial charge is 0.481 e. The summed E-state index contributed by atoms with van der Waals surface area (Å²) in [5.74, 6) is -5.17. The van der Waals surface area contributed by atoms with Crippen LogP contribution in [0.2, 0.25) is 0 Å². The summed E-state index contributed by atoms with van der Waals surface area (Å²) in [4.78, 5) is 24.0. The van der Waals surface area contributed by atoms with Crippen molar-refractivity contribution in [2.24, 2.45) is 11.8 Å². The highest BCUT2D eigenvalue weighted by Gasteiger charge is 2.53. The summed E-state index contributed by atoms with van der Waals surface area (Å²) in [6, 6.07) is -0.782. The van der Waals surface area contributed by atoms with Crippen LogP contribution in [0.3, 0.4) is 0 Å². The summed E-state index contributed by atoms with van der Waals surface area (Å²) in [5.41, 5.74) is 0. The minimum Gasteiger partial charge on any atom is -0.481 e. The summed E-state index contributed by atoms with van der Waals surface area (Å²) < 4.78 is 44.2. The van der Waals surface area contributed by atoms with Gasteiger partial charge in [0.05, 0.1) is 24.0 Å². The smallest absolute Gasteiger partial charge is 0.394 e. The van der Waals surface area contributed by atoms with Gasteiger partial charge < -0.3 is 20.1 Å². The zero-order valence-corrected chi connectivity index (χ0v) is 13.0. The molecule has 23 heavy (non-hydrogen) atoms. The second-order valence-corrected chi connectivity index (χ2v) is 6.42. The average molecular weight is 338 g/mol. The van der Waals surface area contributed by atoms with Crippen LogP contribution in [0.15, 0.2) is 0 Å². The lowest BCUT2D eigenvalue weighted by atomic mass is 9.89. The van der Waals surface area contributed by atoms with Gasteiger partial charge in [0.15, 0.2) is 0 Å². The number of urea groups is 1. The van der Waals surface area contributed by atoms with E-state index in [4.69, 9.17) is 9.84 Å². The van der Waals surface area contributed by atoms with Crippen LogP contribution in [-0.4, -0.2) is 59.5 Å². The van der Waals surface area contributed by atoms with Gasteiger partial charge in [0.25, 0.3) is 0 Å². The highest BCUT2D eigenvalue weighted by Crippen LogP contribution is 2.38. The number of aliphatic carboxylic acids is 1. The first-order valence-corrected chi connectivity index (χ1v) is 7.58. The lowest BCUT2D eigenvalue weighted by molar-refractivity contribution is -0.187. The third-order valence-electron chi connectivity index (χ3n) is 4.23. The van der Waals surface area contributed by atoms with E-state index < -0.39 is 43.1 Å². The Morgan fingerprint density at radius 3 is 2.30 bits per heavy atom. The first-order valence-electron chi connectivity index (χ1n) is 7.58. The molecule has 9 heteroatoms. The summed E-state index contributed by atoms with van der Waals surface area (Å²) in [6.45, 7) is 2.76. The van der Waals surface area contributed by atoms with E-state index in [2.05, 4.69) is 5.32 Å². The quantitative estimate of drug-likeness (QED) is 0.820. The fraction of sp³-hybridized carbons (Fsp3) is 0.857. The molecule has 2 rings (SSSR count). The topological polar surface area (TPSA) is 78.9 Å². The van der Waals surface area contributed by atoms with E-state index in [0.717, 1.165) is 4.90 Å². The molecule has 0 aromatic rings. The standard InChI is InChI=1S/C14H21F3N2O4/c1-7(2)23-9-3-8(4-9)18-13(22)19-5-10(12(20)21)11(6-19)14(15,16)17/h7-11H,3-6H2,1-2H3,(H,18,22)(H,20,21)/t8?,9?,10-,11-/m1/s1. The van der Waals surface area contributed by atoms with Crippen LogP contribution in [-0.2, 0) is 9.53 Å². The van der Waals surface area contributed by atoms with Crippen LogP contribution in [0.25, 0.3) is 0 Å². The van der Waals surface area contributed by atoms with Crippen molar-refractivity contribution in [3.05, 3.63) is 0 Å². The second kappa shape index (κ2) is 6.54. The molecule has 0 radical (unpaired) electrons. The number of halogens is 3. The van der Waals surface area contributed by atoms with Gasteiger partial charge in [-0.15, -0.1) is 0 Å². The molecule has 2 atom stereocenters. The Morgan fingerprint density at radius 1 is 1.26 bits per heavy atom. The van der Waals surface area contributed by atoms with Crippen LogP contribution in [0.1, 0.15) is 26.7 Å². The van der Waals surface area contributed by atoms with Crippen molar-refractivity contribution in [2.75, 3.05) is 13.1 Å². The normalized spacial score (nSPS) is 31.1. The third kappa shape index (κ3) is 4.27. The number of carbonyl (C=O) groups is 2. The minimum atomic E-state index is -4.63. The third-order valence-corrected chi connectivity index (χ3v) is 4.23. The molecule has 0 spiro atoms. The first-order chi connectivity index (χ1) is 10.6. The van der Waals surface area contributed by atoms with Crippen molar-refractivity contribution in [1.82, 2.24) is 10.2 Å². The Balaban J connectivity index is 1.86. The molecule has 2 N–H and O–H groups in total. The number of carbonyl (C=O) groups excluding carboxylic acids is 1. The van der Waals surface area contributed by atoms with Crippen LogP contribution >= 0.6 is 0 Å². The summed E-state index contributed by atoms with van der Waals surface area (Å²) in [7, 11) is 0. The fourth-order valence-electron chi connectivity index (χ4n) is 3.00. The molecule has 2 fully saturated rings. The maximum absolute atomic E-state index is 12.9. The van der Waals surface area contributed by atoms with Crippen molar-refractivity contribution in [3.63, 3.8) is 0 Å². The number of hydrogen-bond acceptors (Lipinski definition) is 3. The summed E-state index contributed by atoms with van der Waals surface area (Å²) >= 11 is 0. The summed E-state index contributed by atoms with van der Waals surface area (Å²) in [5, 5.41) is 11.6. The number of nitrogens with one attached hydrogen (secondary N) is 1. The zero-order chi connectivity index (χ0) is 17.4. The number of alkyl halides is 3. The van der Waals surface area contributed by atoms with Crippen LogP contribution < -0.4 is 5.32 Å². The number of hydrogen-bond donors (Lipinski definition) is 2. The van der Waals surface area contributed by atoms with Gasteiger partial charge >= 0.3 is 18.2 Å². The number of amides is 2. The highest BCUT2D eigenvalue weighted by atomic mass is 19.4. The second-order valence-electron chi connectivity index (χ2n) is 6.42. The number of carboxylic acid groups (broad SMARTS) is 1. The van der Waals surface area contributed by atoms with Gasteiger partial charge in [-0.05, 0) is 26.7 Å². The van der Waals surface area contributed by atoms with E-state index in [1.165, 1.54) is 0 Å². The van der Waals surface area contributed by atoms with Gasteiger partial charge in [-0.1, -0.05) is 0 Å². The number of likely N-dealkylation sites (tertiary alicyclic amines) is 1. The maximum atomic E-state index is 12.9. The molecule has 0 bridgehead atoms. The minimum absolute atomic E-state index is 0.0496. The molecule has 0 aromatic carbocycles. The number of carboxylic acids is 1. The maximum Gasteiger partial charge on any atom is 0.394 e. The Morgan fingerprint density at radius 2 is 1.87 bits per heavy atom. The Hall–Kier alpha value is -1.51. The Bertz CT molecular complexity index is 463. The molecule has 2 amide bonds. The first kappa shape index (κ1) is 17.8. The van der Waals surface area contributed by atoms with Crippen LogP contribution in [0.5, 0.6) is 0 Å². The van der Waals surface area contributed by atoms with Crippen LogP contribution in [0.4, 0.5) is 18.0 Å². The lowest BCUT2D eigenvalue weighted by Gasteiger charge is -2.37. The van der Waals surface area contributed by atoms with Gasteiger partial charge in [0, 0.05) is 19.1 Å². The fourth-order valence-corrected chi connectivity index (χ4v) is 3.00. The molecular formula is C14H21F3N2O4. The molecule has 6 nitrogen and oxygen atoms in total. The van der Waals surface area contributed by atoms with Gasteiger partial charge in [-0.2, -0.15) is 13.2 Å². The van der Waals surface area contributed by atoms with E-state index in [1.807, 2.05) is 13.8 Å². The molecule has 132 valence electrons. The van der Waals surface area contributed by atoms with E-state index in [1.54, 1.807) is 0 Å². The van der Waals surface area contributed by atoms with Gasteiger partial charge in [0.1, 0.15) is 0 Å². The molecule has 2 aliphatic rings. The molecule has 1 aliphatic carbocycles. The molecule has 0 unspecified atom stereocenters. The van der Waals surface area contributed by atoms with Crippen molar-refractivity contribution >= 4 is 12.0 Å². The van der Waals surface area contributed by atoms with Gasteiger partial charge in [0.2, 0.25) is 0 Å². The number of ether oxygens (including phenoxy) is 1. The van der Waals surface area contributed by atoms with Crippen molar-refractivity contribution < 1.29 is 32.6 Å². The molecular weight excluding hydrogens is 317 g/mol. The molecule has 1 heterocycles. The van der Waals surface area contributed by atoms with Gasteiger partial charge in [-0.3, -0.25) is 4.79 Å². The Kier molecular flexibility index (Phi) is 5.07. The van der Waals surface area contributed by atoms with Crippen molar-refractivity contribution in [3.8, 4) is 0 Å². The molecule has 0 aromatic heterocycles. The van der Waals surface area contributed by atoms with E-state index in [0.29, 0.717) is 12.8 Å². The highest BCUT2D eigenvalue weighted by molar-refractivity contribution is 5.78. The van der Waals surface area contributed by atoms with Crippen molar-refractivity contribution in [1.29, 1.82) is 0 Å². The monoisotopic (exact) mass is 338 g/mol. The molecule has 1 saturated heterocycles. The van der Waals surface area contributed by atoms with E-state index in [-0.39, 0.29) is 18.2 Å². The Labute approximate surface area is 132 Å². The van der Waals surface area contributed by atoms with Gasteiger partial charge in [-0.25, -0.2) is 4.79 Å². The summed E-state index contributed by atoms with van der Waals surface area (Å²) in [6.07, 6.45) is -3.27. The van der Waals surface area contributed by atoms with E-state index >= 15 is 0 Å². The lowest BCUT2D eigenvalue weighted by Crippen LogP contribution is -2.52. The SMILES string of the molecule is CC(C)OC1CC(NC(=O)N2C[C@@H](C(F)(F)F)[C@H](C(=O)O)C2)C1. The van der Waals surface area contributed by atoms with Crippen LogP contribution in [0, 0.1) is 11.8 Å². The predicted octanol–water partition coefficient (Wildman–Crippen LogP) is 1.85. The average Bonchev–Trinajstić information content (AvgIpc) is 2.80. The molecule has 1 saturated carbocycles. The van der Waals surface area contributed by atoms with Crippen molar-refractivity contribution in [2.45, 2.75) is 51.1 Å². The predicted molar refractivity (Wildman–Crippen MR) is 73.8 cm³/mol. The number of rotatable bonds is 4. The zero-order valence-electron chi connectivity index (χ0n) is 13.0. The van der Waals surface area contributed by atoms with E-state index in [9.17, 15) is 22.8 Å². The molecule has 1 aliphatic heterocycles. The number of nitrogens with zero attached hydrogens (tertiary/aromatic N) is 1.